The summed E-state index contributed by atoms with van der Waals surface area (Å²) < 4.78 is 1.97. The summed E-state index contributed by atoms with van der Waals surface area (Å²) in [7, 11) is 0. The Balaban J connectivity index is 2.07. The van der Waals surface area contributed by atoms with E-state index in [2.05, 4.69) is 43.4 Å². The number of benzene rings is 1. The van der Waals surface area contributed by atoms with Crippen molar-refractivity contribution >= 4 is 10.9 Å². The Morgan fingerprint density at radius 1 is 1.40 bits per heavy atom. The zero-order valence-corrected chi connectivity index (χ0v) is 12.3. The fraction of sp³-hybridized carbons (Fsp3) is 0.471. The van der Waals surface area contributed by atoms with Crippen LogP contribution in [0.2, 0.25) is 0 Å². The third-order valence-corrected chi connectivity index (χ3v) is 4.35. The van der Waals surface area contributed by atoms with E-state index >= 15 is 0 Å². The van der Waals surface area contributed by atoms with Crippen LogP contribution in [0.15, 0.2) is 29.1 Å². The van der Waals surface area contributed by atoms with Crippen molar-refractivity contribution in [1.82, 2.24) is 9.88 Å². The van der Waals surface area contributed by atoms with Gasteiger partial charge in [-0.25, -0.2) is 0 Å². The third kappa shape index (κ3) is 2.27. The maximum absolute atomic E-state index is 12.6. The molecule has 1 aliphatic rings. The standard InChI is InChI=1S/C17H22N2O/c1-3-12(2)18-11-15-10-14-7-4-6-13-8-5-9-19(16(13)14)17(15)20/h4,6-7,10,12,18H,3,5,8-9,11H2,1-2H3. The number of aryl methyl sites for hydroxylation is 2. The predicted octanol–water partition coefficient (Wildman–Crippen LogP) is 2.84. The Morgan fingerprint density at radius 2 is 2.25 bits per heavy atom. The second kappa shape index (κ2) is 5.41. The lowest BCUT2D eigenvalue weighted by atomic mass is 10.00. The van der Waals surface area contributed by atoms with Gasteiger partial charge < -0.3 is 9.88 Å². The first kappa shape index (κ1) is 13.4. The number of nitrogens with zero attached hydrogens (tertiary/aromatic N) is 1. The lowest BCUT2D eigenvalue weighted by Crippen LogP contribution is -2.32. The average molecular weight is 270 g/mol. The van der Waals surface area contributed by atoms with Crippen molar-refractivity contribution in [1.29, 1.82) is 0 Å². The van der Waals surface area contributed by atoms with Crippen LogP contribution < -0.4 is 10.9 Å². The number of rotatable bonds is 4. The molecule has 106 valence electrons. The molecule has 0 amide bonds. The molecule has 3 nitrogen and oxygen atoms in total. The van der Waals surface area contributed by atoms with E-state index in [1.54, 1.807) is 0 Å². The van der Waals surface area contributed by atoms with Gasteiger partial charge in [-0.15, -0.1) is 0 Å². The molecule has 3 heteroatoms. The molecule has 2 aromatic rings. The van der Waals surface area contributed by atoms with Gasteiger partial charge in [0.05, 0.1) is 5.52 Å². The van der Waals surface area contributed by atoms with E-state index in [0.29, 0.717) is 12.6 Å². The van der Waals surface area contributed by atoms with E-state index in [-0.39, 0.29) is 5.56 Å². The van der Waals surface area contributed by atoms with Crippen molar-refractivity contribution in [3.8, 4) is 0 Å². The highest BCUT2D eigenvalue weighted by Crippen LogP contribution is 2.23. The van der Waals surface area contributed by atoms with Gasteiger partial charge >= 0.3 is 0 Å². The van der Waals surface area contributed by atoms with Crippen molar-refractivity contribution in [3.63, 3.8) is 0 Å². The van der Waals surface area contributed by atoms with Crippen LogP contribution in [0, 0.1) is 0 Å². The number of pyridine rings is 1. The summed E-state index contributed by atoms with van der Waals surface area (Å²) in [5.41, 5.74) is 3.53. The monoisotopic (exact) mass is 270 g/mol. The molecule has 3 rings (SSSR count). The van der Waals surface area contributed by atoms with E-state index in [1.165, 1.54) is 10.9 Å². The Bertz CT molecular complexity index is 687. The highest BCUT2D eigenvalue weighted by Gasteiger charge is 2.15. The number of hydrogen-bond donors (Lipinski definition) is 1. The topological polar surface area (TPSA) is 34.0 Å². The van der Waals surface area contributed by atoms with Gasteiger partial charge in [-0.05, 0) is 43.2 Å². The molecular weight excluding hydrogens is 248 g/mol. The van der Waals surface area contributed by atoms with Crippen LogP contribution in [-0.2, 0) is 19.5 Å². The zero-order chi connectivity index (χ0) is 14.1. The highest BCUT2D eigenvalue weighted by atomic mass is 16.1. The molecule has 0 saturated heterocycles. The van der Waals surface area contributed by atoms with Gasteiger partial charge in [0.1, 0.15) is 0 Å². The second-order valence-corrected chi connectivity index (χ2v) is 5.78. The van der Waals surface area contributed by atoms with E-state index in [4.69, 9.17) is 0 Å². The fourth-order valence-electron chi connectivity index (χ4n) is 2.98. The van der Waals surface area contributed by atoms with Crippen molar-refractivity contribution in [2.45, 2.75) is 52.2 Å². The average Bonchev–Trinajstić information content (AvgIpc) is 2.49. The summed E-state index contributed by atoms with van der Waals surface area (Å²) in [5, 5.41) is 4.62. The Labute approximate surface area is 119 Å². The Hall–Kier alpha value is -1.61. The van der Waals surface area contributed by atoms with E-state index < -0.39 is 0 Å². The van der Waals surface area contributed by atoms with Crippen LogP contribution in [0.25, 0.3) is 10.9 Å². The van der Waals surface area contributed by atoms with Crippen LogP contribution in [0.3, 0.4) is 0 Å². The Morgan fingerprint density at radius 3 is 3.05 bits per heavy atom. The minimum absolute atomic E-state index is 0.181. The summed E-state index contributed by atoms with van der Waals surface area (Å²) in [6, 6.07) is 8.88. The first-order chi connectivity index (χ1) is 9.70. The summed E-state index contributed by atoms with van der Waals surface area (Å²) in [6.45, 7) is 5.82. The van der Waals surface area contributed by atoms with Gasteiger partial charge in [-0.2, -0.15) is 0 Å². The summed E-state index contributed by atoms with van der Waals surface area (Å²) in [5.74, 6) is 0. The van der Waals surface area contributed by atoms with Gasteiger partial charge in [0.25, 0.3) is 5.56 Å². The summed E-state index contributed by atoms with van der Waals surface area (Å²) in [6.07, 6.45) is 3.22. The molecule has 1 aromatic carbocycles. The van der Waals surface area contributed by atoms with E-state index in [0.717, 1.165) is 36.9 Å². The SMILES string of the molecule is CCC(C)NCc1cc2cccc3c2n(c1=O)CCC3. The highest BCUT2D eigenvalue weighted by molar-refractivity contribution is 5.83. The van der Waals surface area contributed by atoms with Gasteiger partial charge in [-0.3, -0.25) is 4.79 Å². The normalized spacial score (nSPS) is 15.5. The molecular formula is C17H22N2O. The molecule has 0 bridgehead atoms. The number of aromatic nitrogens is 1. The zero-order valence-electron chi connectivity index (χ0n) is 12.3. The molecule has 1 aromatic heterocycles. The van der Waals surface area contributed by atoms with E-state index in [1.807, 2.05) is 4.57 Å². The maximum Gasteiger partial charge on any atom is 0.255 e. The molecule has 0 spiro atoms. The molecule has 0 saturated carbocycles. The van der Waals surface area contributed by atoms with Crippen LogP contribution in [0.5, 0.6) is 0 Å². The minimum Gasteiger partial charge on any atom is -0.310 e. The van der Waals surface area contributed by atoms with Gasteiger partial charge in [0.2, 0.25) is 0 Å². The van der Waals surface area contributed by atoms with Crippen LogP contribution in [0.4, 0.5) is 0 Å². The summed E-state index contributed by atoms with van der Waals surface area (Å²) >= 11 is 0. The largest absolute Gasteiger partial charge is 0.310 e. The van der Waals surface area contributed by atoms with Crippen molar-refractivity contribution < 1.29 is 0 Å². The minimum atomic E-state index is 0.181. The first-order valence-corrected chi connectivity index (χ1v) is 7.58. The quantitative estimate of drug-likeness (QED) is 0.927. The maximum atomic E-state index is 12.6. The second-order valence-electron chi connectivity index (χ2n) is 5.78. The van der Waals surface area contributed by atoms with Crippen LogP contribution in [0.1, 0.15) is 37.8 Å². The van der Waals surface area contributed by atoms with Gasteiger partial charge in [0.15, 0.2) is 0 Å². The van der Waals surface area contributed by atoms with Crippen LogP contribution in [-0.4, -0.2) is 10.6 Å². The van der Waals surface area contributed by atoms with Crippen molar-refractivity contribution in [2.75, 3.05) is 0 Å². The number of hydrogen-bond acceptors (Lipinski definition) is 2. The van der Waals surface area contributed by atoms with Crippen molar-refractivity contribution in [3.05, 3.63) is 45.7 Å². The molecule has 0 radical (unpaired) electrons. The smallest absolute Gasteiger partial charge is 0.255 e. The predicted molar refractivity (Wildman–Crippen MR) is 83.1 cm³/mol. The molecule has 1 atom stereocenters. The third-order valence-electron chi connectivity index (χ3n) is 4.35. The molecule has 0 fully saturated rings. The fourth-order valence-corrected chi connectivity index (χ4v) is 2.98. The molecule has 0 aliphatic carbocycles. The molecule has 20 heavy (non-hydrogen) atoms. The molecule has 1 aliphatic heterocycles. The van der Waals surface area contributed by atoms with Gasteiger partial charge in [-0.1, -0.05) is 25.1 Å². The Kier molecular flexibility index (Phi) is 3.62. The number of para-hydroxylation sites is 1. The van der Waals surface area contributed by atoms with Crippen molar-refractivity contribution in [2.24, 2.45) is 0 Å². The molecule has 2 heterocycles. The lowest BCUT2D eigenvalue weighted by molar-refractivity contribution is 0.527. The van der Waals surface area contributed by atoms with Crippen LogP contribution >= 0.6 is 0 Å². The van der Waals surface area contributed by atoms with Gasteiger partial charge in [0, 0.05) is 24.7 Å². The number of nitrogens with one attached hydrogen (secondary N) is 1. The van der Waals surface area contributed by atoms with E-state index in [9.17, 15) is 4.79 Å². The summed E-state index contributed by atoms with van der Waals surface area (Å²) in [4.78, 5) is 12.6. The lowest BCUT2D eigenvalue weighted by Gasteiger charge is -2.21. The first-order valence-electron chi connectivity index (χ1n) is 7.58. The molecule has 1 unspecified atom stereocenters. The molecule has 1 N–H and O–H groups in total.